The Balaban J connectivity index is 1.87. The van der Waals surface area contributed by atoms with E-state index in [4.69, 9.17) is 11.6 Å². The molecule has 0 aliphatic carbocycles. The first-order valence-electron chi connectivity index (χ1n) is 7.34. The zero-order valence-corrected chi connectivity index (χ0v) is 12.9. The number of piperidine rings is 1. The molecule has 0 unspecified atom stereocenters. The van der Waals surface area contributed by atoms with Gasteiger partial charge in [-0.2, -0.15) is 0 Å². The van der Waals surface area contributed by atoms with Gasteiger partial charge in [0, 0.05) is 19.2 Å². The summed E-state index contributed by atoms with van der Waals surface area (Å²) in [6.45, 7) is 4.07. The maximum atomic E-state index is 6.00. The minimum atomic E-state index is 0.459. The number of anilines is 3. The molecule has 3 rings (SSSR count). The van der Waals surface area contributed by atoms with E-state index in [0.29, 0.717) is 11.0 Å². The first-order valence-corrected chi connectivity index (χ1v) is 7.72. The van der Waals surface area contributed by atoms with Crippen LogP contribution in [-0.2, 0) is 0 Å². The molecule has 1 aromatic carbocycles. The molecule has 1 aliphatic rings. The van der Waals surface area contributed by atoms with Crippen molar-refractivity contribution >= 4 is 28.8 Å². The maximum absolute atomic E-state index is 6.00. The molecule has 2 aromatic rings. The zero-order chi connectivity index (χ0) is 14.7. The Morgan fingerprint density at radius 3 is 2.62 bits per heavy atom. The van der Waals surface area contributed by atoms with Crippen molar-refractivity contribution in [3.8, 4) is 0 Å². The van der Waals surface area contributed by atoms with Gasteiger partial charge in [0.1, 0.15) is 16.8 Å². The Bertz CT molecular complexity index is 603. The highest BCUT2D eigenvalue weighted by Crippen LogP contribution is 2.30. The zero-order valence-electron chi connectivity index (χ0n) is 12.1. The van der Waals surface area contributed by atoms with Crippen LogP contribution in [0.4, 0.5) is 17.2 Å². The molecule has 21 heavy (non-hydrogen) atoms. The van der Waals surface area contributed by atoms with E-state index in [2.05, 4.69) is 38.4 Å². The molecule has 0 radical (unpaired) electrons. The molecule has 0 spiro atoms. The first-order chi connectivity index (χ1) is 10.2. The summed E-state index contributed by atoms with van der Waals surface area (Å²) in [5, 5.41) is 3.83. The van der Waals surface area contributed by atoms with Crippen LogP contribution < -0.4 is 10.2 Å². The van der Waals surface area contributed by atoms with E-state index < -0.39 is 0 Å². The van der Waals surface area contributed by atoms with Crippen LogP contribution >= 0.6 is 11.6 Å². The number of rotatable bonds is 3. The number of halogens is 1. The van der Waals surface area contributed by atoms with Gasteiger partial charge < -0.3 is 10.2 Å². The van der Waals surface area contributed by atoms with E-state index in [1.165, 1.54) is 24.9 Å². The van der Waals surface area contributed by atoms with Crippen LogP contribution in [-0.4, -0.2) is 23.1 Å². The van der Waals surface area contributed by atoms with E-state index in [1.54, 1.807) is 6.07 Å². The molecule has 1 N–H and O–H groups in total. The molecule has 0 bridgehead atoms. The van der Waals surface area contributed by atoms with E-state index in [1.807, 2.05) is 13.0 Å². The van der Waals surface area contributed by atoms with Crippen molar-refractivity contribution in [1.29, 1.82) is 0 Å². The normalized spacial score (nSPS) is 15.0. The predicted molar refractivity (Wildman–Crippen MR) is 87.6 cm³/mol. The molecule has 0 saturated carbocycles. The second-order valence-electron chi connectivity index (χ2n) is 5.31. The largest absolute Gasteiger partial charge is 0.370 e. The summed E-state index contributed by atoms with van der Waals surface area (Å²) in [6.07, 6.45) is 3.84. The number of aryl methyl sites for hydroxylation is 1. The fourth-order valence-electron chi connectivity index (χ4n) is 2.72. The van der Waals surface area contributed by atoms with Crippen LogP contribution in [0.1, 0.15) is 25.1 Å². The molecule has 1 aliphatic heterocycles. The summed E-state index contributed by atoms with van der Waals surface area (Å²) in [5.41, 5.74) is 2.29. The molecular weight excluding hydrogens is 284 g/mol. The Kier molecular flexibility index (Phi) is 4.25. The van der Waals surface area contributed by atoms with Crippen LogP contribution in [0, 0.1) is 6.92 Å². The Hall–Kier alpha value is -1.81. The average Bonchev–Trinajstić information content (AvgIpc) is 2.48. The Morgan fingerprint density at radius 1 is 1.10 bits per heavy atom. The highest BCUT2D eigenvalue weighted by atomic mass is 35.5. The summed E-state index contributed by atoms with van der Waals surface area (Å²) >= 11 is 6.00. The van der Waals surface area contributed by atoms with Crippen molar-refractivity contribution in [1.82, 2.24) is 9.97 Å². The number of para-hydroxylation sites is 2. The fourth-order valence-corrected chi connectivity index (χ4v) is 2.95. The lowest BCUT2D eigenvalue weighted by Crippen LogP contribution is -2.29. The van der Waals surface area contributed by atoms with Gasteiger partial charge in [0.05, 0.1) is 11.4 Å². The summed E-state index contributed by atoms with van der Waals surface area (Å²) < 4.78 is 0. The molecule has 2 heterocycles. The minimum absolute atomic E-state index is 0.459. The minimum Gasteiger partial charge on any atom is -0.370 e. The lowest BCUT2D eigenvalue weighted by molar-refractivity contribution is 0.578. The quantitative estimate of drug-likeness (QED) is 0.864. The van der Waals surface area contributed by atoms with Crippen molar-refractivity contribution in [2.24, 2.45) is 0 Å². The molecule has 110 valence electrons. The molecular formula is C16H19ClN4. The third-order valence-electron chi connectivity index (χ3n) is 3.67. The number of hydrogen-bond donors (Lipinski definition) is 1. The molecule has 5 heteroatoms. The van der Waals surface area contributed by atoms with Gasteiger partial charge in [-0.3, -0.25) is 0 Å². The summed E-state index contributed by atoms with van der Waals surface area (Å²) in [5.74, 6) is 1.40. The van der Waals surface area contributed by atoms with Crippen LogP contribution in [0.25, 0.3) is 0 Å². The number of hydrogen-bond acceptors (Lipinski definition) is 4. The summed E-state index contributed by atoms with van der Waals surface area (Å²) in [4.78, 5) is 10.9. The van der Waals surface area contributed by atoms with E-state index in [-0.39, 0.29) is 0 Å². The van der Waals surface area contributed by atoms with Gasteiger partial charge in [-0.15, -0.1) is 0 Å². The van der Waals surface area contributed by atoms with Gasteiger partial charge in [-0.05, 0) is 38.3 Å². The first kappa shape index (κ1) is 14.1. The predicted octanol–water partition coefficient (Wildman–Crippen LogP) is 4.17. The van der Waals surface area contributed by atoms with Crippen LogP contribution in [0.15, 0.2) is 30.3 Å². The number of nitrogens with one attached hydrogen (secondary N) is 1. The third kappa shape index (κ3) is 3.45. The lowest BCUT2D eigenvalue weighted by Gasteiger charge is -2.30. The van der Waals surface area contributed by atoms with E-state index in [0.717, 1.165) is 24.6 Å². The maximum Gasteiger partial charge on any atom is 0.135 e. The van der Waals surface area contributed by atoms with Gasteiger partial charge in [0.25, 0.3) is 0 Å². The number of benzene rings is 1. The number of aromatic nitrogens is 2. The van der Waals surface area contributed by atoms with E-state index >= 15 is 0 Å². The highest BCUT2D eigenvalue weighted by Gasteiger charge is 2.14. The molecule has 0 amide bonds. The second kappa shape index (κ2) is 6.31. The van der Waals surface area contributed by atoms with Gasteiger partial charge >= 0.3 is 0 Å². The average molecular weight is 303 g/mol. The third-order valence-corrected chi connectivity index (χ3v) is 3.86. The molecule has 1 saturated heterocycles. The van der Waals surface area contributed by atoms with Crippen molar-refractivity contribution < 1.29 is 0 Å². The van der Waals surface area contributed by atoms with Crippen molar-refractivity contribution in [3.05, 3.63) is 41.3 Å². The summed E-state index contributed by atoms with van der Waals surface area (Å²) in [7, 11) is 0. The second-order valence-corrected chi connectivity index (χ2v) is 5.70. The van der Waals surface area contributed by atoms with Crippen LogP contribution in [0.5, 0.6) is 0 Å². The van der Waals surface area contributed by atoms with Gasteiger partial charge in [0.15, 0.2) is 0 Å². The topological polar surface area (TPSA) is 41.1 Å². The monoisotopic (exact) mass is 302 g/mol. The van der Waals surface area contributed by atoms with Gasteiger partial charge in [-0.1, -0.05) is 23.7 Å². The van der Waals surface area contributed by atoms with E-state index in [9.17, 15) is 0 Å². The summed E-state index contributed by atoms with van der Waals surface area (Å²) in [6, 6.07) is 10.1. The molecule has 1 aromatic heterocycles. The molecule has 1 fully saturated rings. The highest BCUT2D eigenvalue weighted by molar-refractivity contribution is 6.29. The fraction of sp³-hybridized carbons (Fsp3) is 0.375. The van der Waals surface area contributed by atoms with Gasteiger partial charge in [-0.25, -0.2) is 9.97 Å². The van der Waals surface area contributed by atoms with Crippen LogP contribution in [0.2, 0.25) is 5.15 Å². The molecule has 0 atom stereocenters. The standard InChI is InChI=1S/C16H19ClN4/c1-12-18-15(17)11-16(19-12)20-13-7-3-4-8-14(13)21-9-5-2-6-10-21/h3-4,7-8,11H,2,5-6,9-10H2,1H3,(H,18,19,20). The Labute approximate surface area is 130 Å². The SMILES string of the molecule is Cc1nc(Cl)cc(Nc2ccccc2N2CCCCC2)n1. The molecule has 4 nitrogen and oxygen atoms in total. The lowest BCUT2D eigenvalue weighted by atomic mass is 10.1. The van der Waals surface area contributed by atoms with Crippen molar-refractivity contribution in [3.63, 3.8) is 0 Å². The van der Waals surface area contributed by atoms with Crippen LogP contribution in [0.3, 0.4) is 0 Å². The Morgan fingerprint density at radius 2 is 1.86 bits per heavy atom. The van der Waals surface area contributed by atoms with Gasteiger partial charge in [0.2, 0.25) is 0 Å². The smallest absolute Gasteiger partial charge is 0.135 e. The van der Waals surface area contributed by atoms with Crippen molar-refractivity contribution in [2.45, 2.75) is 26.2 Å². The number of nitrogens with zero attached hydrogens (tertiary/aromatic N) is 3. The van der Waals surface area contributed by atoms with Crippen molar-refractivity contribution in [2.75, 3.05) is 23.3 Å².